The lowest BCUT2D eigenvalue weighted by molar-refractivity contribution is 0.0585. The lowest BCUT2D eigenvalue weighted by atomic mass is 10.2. The first-order chi connectivity index (χ1) is 11.3. The van der Waals surface area contributed by atoms with Crippen molar-refractivity contribution in [3.8, 4) is 10.6 Å². The van der Waals surface area contributed by atoms with Crippen LogP contribution in [0.15, 0.2) is 36.7 Å². The largest absolute Gasteiger partial charge is 0.443 e. The quantitative estimate of drug-likeness (QED) is 0.745. The second kappa shape index (κ2) is 7.57. The summed E-state index contributed by atoms with van der Waals surface area (Å²) in [6.45, 7) is 9.85. The highest BCUT2D eigenvalue weighted by Gasteiger charge is 2.26. The minimum absolute atomic E-state index is 0.370. The van der Waals surface area contributed by atoms with Crippen LogP contribution in [0.5, 0.6) is 0 Å². The van der Waals surface area contributed by atoms with Crippen molar-refractivity contribution in [2.24, 2.45) is 0 Å². The molecule has 0 aromatic carbocycles. The van der Waals surface area contributed by atoms with Gasteiger partial charge < -0.3 is 4.74 Å². The van der Waals surface area contributed by atoms with Crippen LogP contribution in [0.25, 0.3) is 10.6 Å². The molecule has 2 heterocycles. The zero-order chi connectivity index (χ0) is 17.7. The zero-order valence-electron chi connectivity index (χ0n) is 14.7. The minimum Gasteiger partial charge on any atom is -0.443 e. The molecule has 0 saturated carbocycles. The van der Waals surface area contributed by atoms with Gasteiger partial charge >= 0.3 is 6.09 Å². The molecule has 1 amide bonds. The van der Waals surface area contributed by atoms with Crippen LogP contribution in [-0.4, -0.2) is 28.2 Å². The molecule has 5 nitrogen and oxygen atoms in total. The van der Waals surface area contributed by atoms with Crippen LogP contribution >= 0.6 is 11.3 Å². The number of aryl methyl sites for hydroxylation is 1. The van der Waals surface area contributed by atoms with E-state index in [0.717, 1.165) is 21.3 Å². The fraction of sp³-hybridized carbons (Fsp3) is 0.389. The summed E-state index contributed by atoms with van der Waals surface area (Å²) in [6, 6.07) is 3.83. The van der Waals surface area contributed by atoms with E-state index in [2.05, 4.69) is 9.97 Å². The van der Waals surface area contributed by atoms with Gasteiger partial charge in [-0.1, -0.05) is 23.5 Å². The van der Waals surface area contributed by atoms with Crippen LogP contribution in [0.4, 0.5) is 9.80 Å². The molecule has 0 spiro atoms. The Hall–Kier alpha value is -2.21. The summed E-state index contributed by atoms with van der Waals surface area (Å²) in [4.78, 5) is 22.9. The van der Waals surface area contributed by atoms with E-state index in [4.69, 9.17) is 4.74 Å². The van der Waals surface area contributed by atoms with E-state index in [1.165, 1.54) is 11.3 Å². The smallest absolute Gasteiger partial charge is 0.415 e. The van der Waals surface area contributed by atoms with Gasteiger partial charge in [0.05, 0.1) is 5.69 Å². The molecule has 6 heteroatoms. The van der Waals surface area contributed by atoms with Crippen molar-refractivity contribution >= 4 is 22.4 Å². The number of hydrogen-bond donors (Lipinski definition) is 0. The van der Waals surface area contributed by atoms with Gasteiger partial charge in [0.25, 0.3) is 0 Å². The Labute approximate surface area is 147 Å². The number of rotatable bonds is 4. The van der Waals surface area contributed by atoms with Gasteiger partial charge in [-0.05, 0) is 46.8 Å². The molecular formula is C18H23N3O2S. The molecular weight excluding hydrogens is 322 g/mol. The second-order valence-corrected chi connectivity index (χ2v) is 7.29. The highest BCUT2D eigenvalue weighted by molar-refractivity contribution is 7.19. The van der Waals surface area contributed by atoms with E-state index in [1.54, 1.807) is 17.3 Å². The standard InChI is InChI=1S/C18H23N3O2S/c1-6-7-11-21(17(22)23-18(3,4)5)16-13(2)20-15(24-16)14-9-8-10-19-12-14/h6-10,12H,11H2,1-5H3/b7-6+. The van der Waals surface area contributed by atoms with E-state index in [1.807, 2.05) is 58.9 Å². The van der Waals surface area contributed by atoms with E-state index in [-0.39, 0.29) is 6.09 Å². The Morgan fingerprint density at radius 2 is 2.17 bits per heavy atom. The van der Waals surface area contributed by atoms with E-state index >= 15 is 0 Å². The number of carbonyl (C=O) groups excluding carboxylic acids is 1. The van der Waals surface area contributed by atoms with Gasteiger partial charge in [0, 0.05) is 24.5 Å². The maximum absolute atomic E-state index is 12.6. The summed E-state index contributed by atoms with van der Waals surface area (Å²) in [5.74, 6) is 0. The SMILES string of the molecule is C/C=C/CN(C(=O)OC(C)(C)C)c1sc(-c2cccnc2)nc1C. The summed E-state index contributed by atoms with van der Waals surface area (Å²) in [7, 11) is 0. The minimum atomic E-state index is -0.546. The third-order valence-corrected chi connectivity index (χ3v) is 4.29. The average Bonchev–Trinajstić information content (AvgIpc) is 2.89. The van der Waals surface area contributed by atoms with Crippen molar-refractivity contribution in [2.45, 2.75) is 40.2 Å². The molecule has 0 saturated heterocycles. The monoisotopic (exact) mass is 345 g/mol. The van der Waals surface area contributed by atoms with Gasteiger partial charge in [-0.15, -0.1) is 0 Å². The van der Waals surface area contributed by atoms with Crippen molar-refractivity contribution in [3.63, 3.8) is 0 Å². The van der Waals surface area contributed by atoms with Gasteiger partial charge in [0.2, 0.25) is 0 Å². The van der Waals surface area contributed by atoms with Gasteiger partial charge in [-0.3, -0.25) is 9.88 Å². The predicted octanol–water partition coefficient (Wildman–Crippen LogP) is 4.83. The average molecular weight is 345 g/mol. The number of amides is 1. The number of pyridine rings is 1. The van der Waals surface area contributed by atoms with E-state index < -0.39 is 5.60 Å². The first-order valence-electron chi connectivity index (χ1n) is 7.81. The van der Waals surface area contributed by atoms with Crippen LogP contribution in [0.1, 0.15) is 33.4 Å². The fourth-order valence-electron chi connectivity index (χ4n) is 2.02. The van der Waals surface area contributed by atoms with Crippen molar-refractivity contribution in [1.29, 1.82) is 0 Å². The Kier molecular flexibility index (Phi) is 5.72. The molecule has 0 atom stereocenters. The highest BCUT2D eigenvalue weighted by Crippen LogP contribution is 2.34. The number of carbonyl (C=O) groups is 1. The third-order valence-electron chi connectivity index (χ3n) is 3.06. The highest BCUT2D eigenvalue weighted by atomic mass is 32.1. The number of thiazole rings is 1. The molecule has 2 rings (SSSR count). The van der Waals surface area contributed by atoms with Crippen LogP contribution in [-0.2, 0) is 4.74 Å². The molecule has 0 radical (unpaired) electrons. The Bertz CT molecular complexity index is 718. The maximum atomic E-state index is 12.6. The maximum Gasteiger partial charge on any atom is 0.415 e. The van der Waals surface area contributed by atoms with E-state index in [0.29, 0.717) is 6.54 Å². The molecule has 0 fully saturated rings. The van der Waals surface area contributed by atoms with Crippen molar-refractivity contribution in [3.05, 3.63) is 42.4 Å². The molecule has 0 aliphatic rings. The number of allylic oxidation sites excluding steroid dienone is 1. The molecule has 0 N–H and O–H groups in total. The normalized spacial score (nSPS) is 11.7. The van der Waals surface area contributed by atoms with Crippen LogP contribution in [0.3, 0.4) is 0 Å². The molecule has 0 aliphatic heterocycles. The Morgan fingerprint density at radius 3 is 2.75 bits per heavy atom. The summed E-state index contributed by atoms with van der Waals surface area (Å²) in [5.41, 5.74) is 1.19. The number of anilines is 1. The lowest BCUT2D eigenvalue weighted by Gasteiger charge is -2.26. The summed E-state index contributed by atoms with van der Waals surface area (Å²) in [5, 5.41) is 1.63. The number of ether oxygens (including phenoxy) is 1. The first-order valence-corrected chi connectivity index (χ1v) is 8.63. The number of aromatic nitrogens is 2. The third kappa shape index (κ3) is 4.64. The fourth-order valence-corrected chi connectivity index (χ4v) is 3.08. The summed E-state index contributed by atoms with van der Waals surface area (Å²) >= 11 is 1.47. The zero-order valence-corrected chi connectivity index (χ0v) is 15.6. The van der Waals surface area contributed by atoms with Crippen molar-refractivity contribution in [1.82, 2.24) is 9.97 Å². The van der Waals surface area contributed by atoms with Gasteiger partial charge in [0.1, 0.15) is 15.6 Å². The summed E-state index contributed by atoms with van der Waals surface area (Å²) in [6.07, 6.45) is 6.96. The van der Waals surface area contributed by atoms with Crippen molar-refractivity contribution in [2.75, 3.05) is 11.4 Å². The Balaban J connectivity index is 2.36. The molecule has 0 unspecified atom stereocenters. The van der Waals surface area contributed by atoms with Gasteiger partial charge in [-0.25, -0.2) is 9.78 Å². The number of nitrogens with zero attached hydrogens (tertiary/aromatic N) is 3. The van der Waals surface area contributed by atoms with E-state index in [9.17, 15) is 4.79 Å². The lowest BCUT2D eigenvalue weighted by Crippen LogP contribution is -2.37. The van der Waals surface area contributed by atoms with Gasteiger partial charge in [-0.2, -0.15) is 0 Å². The molecule has 2 aromatic rings. The molecule has 2 aromatic heterocycles. The first kappa shape index (κ1) is 18.1. The Morgan fingerprint density at radius 1 is 1.42 bits per heavy atom. The summed E-state index contributed by atoms with van der Waals surface area (Å²) < 4.78 is 5.54. The van der Waals surface area contributed by atoms with Crippen LogP contribution < -0.4 is 4.90 Å². The van der Waals surface area contributed by atoms with Crippen LogP contribution in [0.2, 0.25) is 0 Å². The second-order valence-electron chi connectivity index (χ2n) is 6.31. The van der Waals surface area contributed by atoms with Crippen molar-refractivity contribution < 1.29 is 9.53 Å². The van der Waals surface area contributed by atoms with Crippen LogP contribution in [0, 0.1) is 6.92 Å². The predicted molar refractivity (Wildman–Crippen MR) is 98.5 cm³/mol. The molecule has 128 valence electrons. The molecule has 0 bridgehead atoms. The topological polar surface area (TPSA) is 55.3 Å². The molecule has 24 heavy (non-hydrogen) atoms. The number of hydrogen-bond acceptors (Lipinski definition) is 5. The van der Waals surface area contributed by atoms with Gasteiger partial charge in [0.15, 0.2) is 0 Å². The molecule has 0 aliphatic carbocycles.